The second kappa shape index (κ2) is 8.01. The zero-order valence-electron chi connectivity index (χ0n) is 14.9. The number of carbonyl (C=O) groups excluding carboxylic acids is 2. The highest BCUT2D eigenvalue weighted by atomic mass is 32.1. The van der Waals surface area contributed by atoms with Gasteiger partial charge in [0.25, 0.3) is 11.8 Å². The first-order chi connectivity index (χ1) is 13.0. The lowest BCUT2D eigenvalue weighted by atomic mass is 10.1. The fourth-order valence-electron chi connectivity index (χ4n) is 2.51. The number of aryl methyl sites for hydroxylation is 1. The molecule has 0 aliphatic carbocycles. The first-order valence-corrected chi connectivity index (χ1v) is 8.62. The highest BCUT2D eigenvalue weighted by Crippen LogP contribution is 2.30. The highest BCUT2D eigenvalue weighted by molar-refractivity contribution is 7.80. The summed E-state index contributed by atoms with van der Waals surface area (Å²) in [7, 11) is 1.53. The molecule has 27 heavy (non-hydrogen) atoms. The molecule has 0 radical (unpaired) electrons. The summed E-state index contributed by atoms with van der Waals surface area (Å²) in [6, 6.07) is 13.2. The molecule has 2 aromatic carbocycles. The SMILES string of the molecule is COc1cc(C=C2C(=O)NC(=S)NC2=O)ccc1OCc1ccc(C)cc1. The molecule has 1 saturated heterocycles. The Hall–Kier alpha value is -3.19. The van der Waals surface area contributed by atoms with Gasteiger partial charge in [0.2, 0.25) is 0 Å². The molecule has 1 fully saturated rings. The van der Waals surface area contributed by atoms with Gasteiger partial charge in [-0.05, 0) is 48.5 Å². The molecule has 3 rings (SSSR count). The Bertz CT molecular complexity index is 913. The number of amides is 2. The molecule has 7 heteroatoms. The third kappa shape index (κ3) is 4.51. The molecule has 0 saturated carbocycles. The number of hydrogen-bond donors (Lipinski definition) is 2. The molecule has 138 valence electrons. The highest BCUT2D eigenvalue weighted by Gasteiger charge is 2.25. The number of carbonyl (C=O) groups is 2. The lowest BCUT2D eigenvalue weighted by Crippen LogP contribution is -2.51. The van der Waals surface area contributed by atoms with E-state index < -0.39 is 11.8 Å². The van der Waals surface area contributed by atoms with Crippen LogP contribution in [-0.2, 0) is 16.2 Å². The van der Waals surface area contributed by atoms with Crippen molar-refractivity contribution in [3.63, 3.8) is 0 Å². The summed E-state index contributed by atoms with van der Waals surface area (Å²) in [5, 5.41) is 4.80. The van der Waals surface area contributed by atoms with Crippen LogP contribution in [0.15, 0.2) is 48.0 Å². The van der Waals surface area contributed by atoms with E-state index >= 15 is 0 Å². The van der Waals surface area contributed by atoms with Gasteiger partial charge in [-0.25, -0.2) is 0 Å². The Morgan fingerprint density at radius 2 is 1.67 bits per heavy atom. The maximum atomic E-state index is 11.9. The number of thiocarbonyl (C=S) groups is 1. The summed E-state index contributed by atoms with van der Waals surface area (Å²) in [6.07, 6.45) is 1.47. The van der Waals surface area contributed by atoms with Gasteiger partial charge in [0.05, 0.1) is 7.11 Å². The summed E-state index contributed by atoms with van der Waals surface area (Å²) in [5.41, 5.74) is 2.83. The average molecular weight is 382 g/mol. The Balaban J connectivity index is 1.78. The number of hydrogen-bond acceptors (Lipinski definition) is 5. The van der Waals surface area contributed by atoms with Gasteiger partial charge in [-0.1, -0.05) is 35.9 Å². The molecular formula is C20H18N2O4S. The zero-order chi connectivity index (χ0) is 19.4. The second-order valence-corrected chi connectivity index (χ2v) is 6.39. The second-order valence-electron chi connectivity index (χ2n) is 5.98. The summed E-state index contributed by atoms with van der Waals surface area (Å²) in [6.45, 7) is 2.43. The van der Waals surface area contributed by atoms with E-state index in [1.54, 1.807) is 18.2 Å². The minimum atomic E-state index is -0.539. The Morgan fingerprint density at radius 1 is 1.00 bits per heavy atom. The predicted molar refractivity (Wildman–Crippen MR) is 105 cm³/mol. The van der Waals surface area contributed by atoms with Gasteiger partial charge >= 0.3 is 0 Å². The van der Waals surface area contributed by atoms with E-state index in [0.717, 1.165) is 5.56 Å². The number of benzene rings is 2. The van der Waals surface area contributed by atoms with Crippen molar-refractivity contribution in [3.8, 4) is 11.5 Å². The molecule has 1 aliphatic rings. The molecule has 2 N–H and O–H groups in total. The predicted octanol–water partition coefficient (Wildman–Crippen LogP) is 2.50. The van der Waals surface area contributed by atoms with Crippen molar-refractivity contribution in [2.24, 2.45) is 0 Å². The van der Waals surface area contributed by atoms with Crippen LogP contribution >= 0.6 is 12.2 Å². The molecule has 0 unspecified atom stereocenters. The number of nitrogens with one attached hydrogen (secondary N) is 2. The summed E-state index contributed by atoms with van der Waals surface area (Å²) < 4.78 is 11.2. The largest absolute Gasteiger partial charge is 0.493 e. The first-order valence-electron chi connectivity index (χ1n) is 8.21. The Labute approximate surface area is 162 Å². The monoisotopic (exact) mass is 382 g/mol. The van der Waals surface area contributed by atoms with E-state index in [0.29, 0.717) is 23.7 Å². The van der Waals surface area contributed by atoms with E-state index in [4.69, 9.17) is 21.7 Å². The van der Waals surface area contributed by atoms with Crippen LogP contribution in [0.25, 0.3) is 6.08 Å². The molecule has 2 aromatic rings. The van der Waals surface area contributed by atoms with Crippen LogP contribution in [0.3, 0.4) is 0 Å². The lowest BCUT2D eigenvalue weighted by Gasteiger charge is -2.16. The Kier molecular flexibility index (Phi) is 5.52. The van der Waals surface area contributed by atoms with Crippen LogP contribution in [-0.4, -0.2) is 24.0 Å². The minimum absolute atomic E-state index is 0.000385. The van der Waals surface area contributed by atoms with Crippen molar-refractivity contribution in [1.29, 1.82) is 0 Å². The van der Waals surface area contributed by atoms with E-state index in [-0.39, 0.29) is 10.7 Å². The minimum Gasteiger partial charge on any atom is -0.493 e. The third-order valence-corrected chi connectivity index (χ3v) is 4.16. The van der Waals surface area contributed by atoms with E-state index in [9.17, 15) is 9.59 Å². The average Bonchev–Trinajstić information content (AvgIpc) is 2.64. The molecule has 0 spiro atoms. The molecule has 1 aliphatic heterocycles. The molecule has 6 nitrogen and oxygen atoms in total. The standard InChI is InChI=1S/C20H18N2O4S/c1-12-3-5-13(6-4-12)11-26-16-8-7-14(10-17(16)25-2)9-15-18(23)21-20(27)22-19(15)24/h3-10H,11H2,1-2H3,(H2,21,22,23,24,27). The third-order valence-electron chi connectivity index (χ3n) is 3.96. The Morgan fingerprint density at radius 3 is 2.30 bits per heavy atom. The van der Waals surface area contributed by atoms with E-state index in [1.165, 1.54) is 18.7 Å². The smallest absolute Gasteiger partial charge is 0.263 e. The van der Waals surface area contributed by atoms with Crippen molar-refractivity contribution in [3.05, 3.63) is 64.7 Å². The van der Waals surface area contributed by atoms with Gasteiger partial charge in [0, 0.05) is 0 Å². The molecule has 1 heterocycles. The summed E-state index contributed by atoms with van der Waals surface area (Å²) in [5.74, 6) is -0.00705. The van der Waals surface area contributed by atoms with Crippen LogP contribution < -0.4 is 20.1 Å². The maximum Gasteiger partial charge on any atom is 0.263 e. The van der Waals surface area contributed by atoms with Crippen molar-refractivity contribution < 1.29 is 19.1 Å². The molecule has 0 bridgehead atoms. The lowest BCUT2D eigenvalue weighted by molar-refractivity contribution is -0.123. The molecular weight excluding hydrogens is 364 g/mol. The van der Waals surface area contributed by atoms with Crippen LogP contribution in [0, 0.1) is 6.92 Å². The van der Waals surface area contributed by atoms with Gasteiger partial charge in [-0.15, -0.1) is 0 Å². The van der Waals surface area contributed by atoms with Crippen LogP contribution in [0.5, 0.6) is 11.5 Å². The first kappa shape index (κ1) is 18.6. The normalized spacial score (nSPS) is 13.7. The number of rotatable bonds is 5. The van der Waals surface area contributed by atoms with Gasteiger partial charge in [0.15, 0.2) is 16.6 Å². The fourth-order valence-corrected chi connectivity index (χ4v) is 2.70. The zero-order valence-corrected chi connectivity index (χ0v) is 15.7. The van der Waals surface area contributed by atoms with Crippen molar-refractivity contribution in [2.75, 3.05) is 7.11 Å². The van der Waals surface area contributed by atoms with Crippen LogP contribution in [0.4, 0.5) is 0 Å². The molecule has 0 aromatic heterocycles. The van der Waals surface area contributed by atoms with Crippen LogP contribution in [0.2, 0.25) is 0 Å². The topological polar surface area (TPSA) is 76.7 Å². The summed E-state index contributed by atoms with van der Waals surface area (Å²) >= 11 is 4.78. The van der Waals surface area contributed by atoms with Crippen molar-refractivity contribution >= 4 is 35.2 Å². The number of methoxy groups -OCH3 is 1. The maximum absolute atomic E-state index is 11.9. The van der Waals surface area contributed by atoms with E-state index in [1.807, 2.05) is 31.2 Å². The summed E-state index contributed by atoms with van der Waals surface area (Å²) in [4.78, 5) is 23.9. The van der Waals surface area contributed by atoms with Crippen molar-refractivity contribution in [1.82, 2.24) is 10.6 Å². The van der Waals surface area contributed by atoms with Gasteiger partial charge in [0.1, 0.15) is 12.2 Å². The van der Waals surface area contributed by atoms with Crippen LogP contribution in [0.1, 0.15) is 16.7 Å². The fraction of sp³-hybridized carbons (Fsp3) is 0.150. The van der Waals surface area contributed by atoms with Gasteiger partial charge in [-0.2, -0.15) is 0 Å². The van der Waals surface area contributed by atoms with E-state index in [2.05, 4.69) is 10.6 Å². The number of ether oxygens (including phenoxy) is 2. The quantitative estimate of drug-likeness (QED) is 0.472. The molecule has 2 amide bonds. The van der Waals surface area contributed by atoms with Gasteiger partial charge < -0.3 is 9.47 Å². The molecule has 0 atom stereocenters. The van der Waals surface area contributed by atoms with Crippen molar-refractivity contribution in [2.45, 2.75) is 13.5 Å². The van der Waals surface area contributed by atoms with Gasteiger partial charge in [-0.3, -0.25) is 20.2 Å².